The lowest BCUT2D eigenvalue weighted by molar-refractivity contribution is 0.906. The third-order valence-electron chi connectivity index (χ3n) is 6.58. The van der Waals surface area contributed by atoms with E-state index >= 15 is 0 Å². The van der Waals surface area contributed by atoms with Gasteiger partial charge in [0.2, 0.25) is 0 Å². The van der Waals surface area contributed by atoms with E-state index in [1.165, 1.54) is 60.8 Å². The van der Waals surface area contributed by atoms with E-state index in [0.717, 1.165) is 24.5 Å². The molecule has 0 aliphatic heterocycles. The summed E-state index contributed by atoms with van der Waals surface area (Å²) in [5.41, 5.74) is 11.9. The first-order chi connectivity index (χ1) is 13.9. The van der Waals surface area contributed by atoms with Gasteiger partial charge >= 0.3 is 0 Å². The Labute approximate surface area is 174 Å². The monoisotopic (exact) mass is 381 g/mol. The molecule has 4 rings (SSSR count). The molecule has 0 fully saturated rings. The van der Waals surface area contributed by atoms with Gasteiger partial charge in [-0.1, -0.05) is 43.5 Å². The summed E-state index contributed by atoms with van der Waals surface area (Å²) in [6, 6.07) is 0. The maximum atomic E-state index is 4.66. The SMILES string of the molecule is C=C1CC(/C=C\C)=C(C)C/1=c1\c(/C=C\C)c(C)c2c(c3c(n2C)C=CCC3)c1=C. The van der Waals surface area contributed by atoms with Crippen LogP contribution < -0.4 is 10.4 Å². The fourth-order valence-corrected chi connectivity index (χ4v) is 5.30. The molecule has 0 saturated heterocycles. The van der Waals surface area contributed by atoms with Crippen molar-refractivity contribution in [3.8, 4) is 0 Å². The van der Waals surface area contributed by atoms with E-state index in [1.54, 1.807) is 0 Å². The molecule has 148 valence electrons. The predicted octanol–water partition coefficient (Wildman–Crippen LogP) is 5.89. The number of hydrogen-bond donors (Lipinski definition) is 0. The number of nitrogens with zero attached hydrogens (tertiary/aromatic N) is 1. The first-order valence-electron chi connectivity index (χ1n) is 10.6. The van der Waals surface area contributed by atoms with Crippen LogP contribution in [0.5, 0.6) is 0 Å². The second kappa shape index (κ2) is 7.22. The van der Waals surface area contributed by atoms with E-state index < -0.39 is 0 Å². The number of rotatable bonds is 2. The van der Waals surface area contributed by atoms with Crippen molar-refractivity contribution in [2.75, 3.05) is 0 Å². The summed E-state index contributed by atoms with van der Waals surface area (Å²) in [5.74, 6) is 0. The average Bonchev–Trinajstić information content (AvgIpc) is 3.15. The molecule has 1 aromatic heterocycles. The van der Waals surface area contributed by atoms with Crippen LogP contribution in [0.4, 0.5) is 0 Å². The van der Waals surface area contributed by atoms with Crippen molar-refractivity contribution in [1.82, 2.24) is 4.57 Å². The predicted molar refractivity (Wildman–Crippen MR) is 129 cm³/mol. The second-order valence-electron chi connectivity index (χ2n) is 8.29. The van der Waals surface area contributed by atoms with E-state index in [4.69, 9.17) is 0 Å². The van der Waals surface area contributed by atoms with Gasteiger partial charge in [0.15, 0.2) is 0 Å². The quantitative estimate of drug-likeness (QED) is 0.611. The normalized spacial score (nSPS) is 18.9. The zero-order valence-electron chi connectivity index (χ0n) is 18.4. The molecule has 0 bridgehead atoms. The Morgan fingerprint density at radius 1 is 1.07 bits per heavy atom. The molecule has 0 saturated carbocycles. The highest BCUT2D eigenvalue weighted by Crippen LogP contribution is 2.37. The standard InChI is InChI=1S/C28H31N/c1-8-12-21-16-17(3)25(18(21)4)26-20(6)27-23-14-10-11-15-24(23)29(7)28(27)19(5)22(26)13-9-2/h8-9,11-13,15H,3,6,10,14,16H2,1-2,4-5,7H3/b12-8-,13-9-,26-25-. The summed E-state index contributed by atoms with van der Waals surface area (Å²) in [5, 5.41) is 3.78. The van der Waals surface area contributed by atoms with Gasteiger partial charge in [-0.15, -0.1) is 0 Å². The third kappa shape index (κ3) is 2.75. The van der Waals surface area contributed by atoms with Crippen molar-refractivity contribution in [3.05, 3.63) is 80.4 Å². The molecule has 1 nitrogen and oxygen atoms in total. The Hall–Kier alpha value is -2.80. The van der Waals surface area contributed by atoms with Gasteiger partial charge in [-0.25, -0.2) is 0 Å². The van der Waals surface area contributed by atoms with Crippen LogP contribution in [0.15, 0.2) is 47.6 Å². The van der Waals surface area contributed by atoms with Gasteiger partial charge in [0, 0.05) is 18.1 Å². The van der Waals surface area contributed by atoms with Gasteiger partial charge in [0.25, 0.3) is 0 Å². The van der Waals surface area contributed by atoms with Gasteiger partial charge in [0.1, 0.15) is 0 Å². The maximum Gasteiger partial charge on any atom is 0.0527 e. The Balaban J connectivity index is 2.29. The van der Waals surface area contributed by atoms with E-state index in [0.29, 0.717) is 0 Å². The largest absolute Gasteiger partial charge is 0.344 e. The highest BCUT2D eigenvalue weighted by molar-refractivity contribution is 5.96. The number of hydrogen-bond acceptors (Lipinski definition) is 0. The molecule has 1 heteroatoms. The lowest BCUT2D eigenvalue weighted by Gasteiger charge is -2.13. The van der Waals surface area contributed by atoms with E-state index in [2.05, 4.69) is 88.9 Å². The summed E-state index contributed by atoms with van der Waals surface area (Å²) in [4.78, 5) is 0. The smallest absolute Gasteiger partial charge is 0.0527 e. The number of fused-ring (bicyclic) bond motifs is 3. The first kappa shape index (κ1) is 19.5. The molecule has 29 heavy (non-hydrogen) atoms. The maximum absolute atomic E-state index is 4.66. The zero-order valence-corrected chi connectivity index (χ0v) is 18.4. The van der Waals surface area contributed by atoms with Crippen LogP contribution in [-0.4, -0.2) is 4.57 Å². The summed E-state index contributed by atoms with van der Waals surface area (Å²) < 4.78 is 2.36. The number of allylic oxidation sites excluding steroid dienone is 7. The van der Waals surface area contributed by atoms with Crippen molar-refractivity contribution in [3.63, 3.8) is 0 Å². The molecule has 1 heterocycles. The molecule has 0 amide bonds. The molecule has 2 aromatic rings. The number of aryl methyl sites for hydroxylation is 3. The zero-order chi connectivity index (χ0) is 20.9. The molecule has 0 N–H and O–H groups in total. The molecule has 2 aliphatic carbocycles. The molecule has 1 aromatic carbocycles. The number of benzene rings is 1. The second-order valence-corrected chi connectivity index (χ2v) is 8.29. The molecule has 0 radical (unpaired) electrons. The Morgan fingerprint density at radius 3 is 2.48 bits per heavy atom. The van der Waals surface area contributed by atoms with Crippen molar-refractivity contribution in [1.29, 1.82) is 0 Å². The van der Waals surface area contributed by atoms with Crippen LogP contribution in [0.2, 0.25) is 0 Å². The van der Waals surface area contributed by atoms with E-state index in [1.807, 2.05) is 0 Å². The lowest BCUT2D eigenvalue weighted by Crippen LogP contribution is -2.31. The van der Waals surface area contributed by atoms with Gasteiger partial charge in [0.05, 0.1) is 5.52 Å². The van der Waals surface area contributed by atoms with E-state index in [9.17, 15) is 0 Å². The number of aromatic nitrogens is 1. The molecule has 2 aliphatic rings. The van der Waals surface area contributed by atoms with E-state index in [-0.39, 0.29) is 0 Å². The van der Waals surface area contributed by atoms with Crippen LogP contribution in [0.3, 0.4) is 0 Å². The van der Waals surface area contributed by atoms with Crippen LogP contribution in [0.25, 0.3) is 35.2 Å². The summed E-state index contributed by atoms with van der Waals surface area (Å²) >= 11 is 0. The highest BCUT2D eigenvalue weighted by atomic mass is 15.0. The average molecular weight is 382 g/mol. The highest BCUT2D eigenvalue weighted by Gasteiger charge is 2.24. The molecular weight excluding hydrogens is 350 g/mol. The molecule has 0 atom stereocenters. The Kier molecular flexibility index (Phi) is 4.86. The van der Waals surface area contributed by atoms with Gasteiger partial charge in [-0.2, -0.15) is 0 Å². The van der Waals surface area contributed by atoms with Crippen molar-refractivity contribution in [2.45, 2.75) is 47.0 Å². The topological polar surface area (TPSA) is 4.93 Å². The van der Waals surface area contributed by atoms with Crippen molar-refractivity contribution >= 4 is 35.2 Å². The Morgan fingerprint density at radius 2 is 1.79 bits per heavy atom. The van der Waals surface area contributed by atoms with Gasteiger partial charge in [-0.3, -0.25) is 0 Å². The fraction of sp³-hybridized carbons (Fsp3) is 0.286. The summed E-state index contributed by atoms with van der Waals surface area (Å²) in [6.45, 7) is 17.8. The third-order valence-corrected chi connectivity index (χ3v) is 6.58. The molecule has 0 spiro atoms. The van der Waals surface area contributed by atoms with Gasteiger partial charge in [-0.05, 0) is 102 Å². The van der Waals surface area contributed by atoms with Crippen LogP contribution >= 0.6 is 0 Å². The first-order valence-corrected chi connectivity index (χ1v) is 10.6. The fourth-order valence-electron chi connectivity index (χ4n) is 5.30. The van der Waals surface area contributed by atoms with Crippen LogP contribution in [0, 0.1) is 6.92 Å². The lowest BCUT2D eigenvalue weighted by atomic mass is 9.91. The molecular formula is C28H31N. The van der Waals surface area contributed by atoms with Crippen molar-refractivity contribution < 1.29 is 0 Å². The Bertz CT molecular complexity index is 1280. The summed E-state index contributed by atoms with van der Waals surface area (Å²) in [7, 11) is 2.19. The minimum atomic E-state index is 0.924. The molecule has 0 unspecified atom stereocenters. The van der Waals surface area contributed by atoms with Crippen LogP contribution in [-0.2, 0) is 13.5 Å². The van der Waals surface area contributed by atoms with Crippen LogP contribution in [0.1, 0.15) is 56.0 Å². The van der Waals surface area contributed by atoms with Gasteiger partial charge < -0.3 is 4.57 Å². The minimum absolute atomic E-state index is 0.924. The van der Waals surface area contributed by atoms with Crippen molar-refractivity contribution in [2.24, 2.45) is 7.05 Å². The minimum Gasteiger partial charge on any atom is -0.344 e. The summed E-state index contributed by atoms with van der Waals surface area (Å²) in [6.07, 6.45) is 16.4.